The quantitative estimate of drug-likeness (QED) is 0.772. The maximum absolute atomic E-state index is 8.78. The van der Waals surface area contributed by atoms with Gasteiger partial charge in [-0.15, -0.1) is 0 Å². The molecule has 0 fully saturated rings. The molecule has 0 bridgehead atoms. The molecule has 1 rings (SSSR count). The van der Waals surface area contributed by atoms with E-state index in [0.29, 0.717) is 6.42 Å². The summed E-state index contributed by atoms with van der Waals surface area (Å²) in [6.07, 6.45) is 4.71. The first-order chi connectivity index (χ1) is 6.45. The first kappa shape index (κ1) is 11.3. The predicted molar refractivity (Wildman–Crippen MR) is 58.1 cm³/mol. The van der Waals surface area contributed by atoms with Gasteiger partial charge < -0.3 is 15.4 Å². The molecule has 1 aromatic rings. The van der Waals surface area contributed by atoms with Gasteiger partial charge in [0.05, 0.1) is 0 Å². The van der Waals surface area contributed by atoms with Crippen LogP contribution in [0.4, 0.5) is 0 Å². The molecule has 0 saturated heterocycles. The van der Waals surface area contributed by atoms with Gasteiger partial charge in [0.1, 0.15) is 0 Å². The molecule has 1 aromatic heterocycles. The second-order valence-electron chi connectivity index (χ2n) is 4.64. The summed E-state index contributed by atoms with van der Waals surface area (Å²) in [4.78, 5) is 0. The number of nitrogens with zero attached hydrogens (tertiary/aromatic N) is 1. The van der Waals surface area contributed by atoms with Crippen LogP contribution < -0.4 is 5.73 Å². The van der Waals surface area contributed by atoms with Gasteiger partial charge in [0.2, 0.25) is 0 Å². The predicted octanol–water partition coefficient (Wildman–Crippen LogP) is 1.63. The van der Waals surface area contributed by atoms with Crippen LogP contribution in [0.3, 0.4) is 0 Å². The van der Waals surface area contributed by atoms with Crippen LogP contribution in [0.1, 0.15) is 38.8 Å². The highest BCUT2D eigenvalue weighted by Crippen LogP contribution is 2.19. The molecular weight excluding hydrogens is 176 g/mol. The first-order valence-electron chi connectivity index (χ1n) is 5.00. The largest absolute Gasteiger partial charge is 0.396 e. The van der Waals surface area contributed by atoms with Crippen molar-refractivity contribution in [3.8, 4) is 0 Å². The van der Waals surface area contributed by atoms with Gasteiger partial charge in [-0.25, -0.2) is 0 Å². The second kappa shape index (κ2) is 4.15. The van der Waals surface area contributed by atoms with Gasteiger partial charge in [0, 0.05) is 30.6 Å². The van der Waals surface area contributed by atoms with Crippen LogP contribution in [-0.2, 0) is 5.54 Å². The van der Waals surface area contributed by atoms with Gasteiger partial charge >= 0.3 is 0 Å². The van der Waals surface area contributed by atoms with Crippen LogP contribution in [0.5, 0.6) is 0 Å². The van der Waals surface area contributed by atoms with Crippen LogP contribution in [0.2, 0.25) is 0 Å². The molecule has 0 spiro atoms. The van der Waals surface area contributed by atoms with E-state index in [1.165, 1.54) is 0 Å². The fourth-order valence-corrected chi connectivity index (χ4v) is 1.36. The summed E-state index contributed by atoms with van der Waals surface area (Å²) in [5.74, 6) is 0. The van der Waals surface area contributed by atoms with Gasteiger partial charge in [0.15, 0.2) is 0 Å². The van der Waals surface area contributed by atoms with Crippen molar-refractivity contribution in [2.45, 2.75) is 38.8 Å². The summed E-state index contributed by atoms with van der Waals surface area (Å²) < 4.78 is 2.14. The molecule has 80 valence electrons. The van der Waals surface area contributed by atoms with Crippen molar-refractivity contribution in [2.24, 2.45) is 5.73 Å². The number of aliphatic hydroxyl groups is 1. The van der Waals surface area contributed by atoms with E-state index in [9.17, 15) is 0 Å². The van der Waals surface area contributed by atoms with E-state index in [-0.39, 0.29) is 18.2 Å². The molecule has 0 saturated carbocycles. The molecule has 3 nitrogen and oxygen atoms in total. The number of nitrogens with two attached hydrogens (primary N) is 1. The maximum Gasteiger partial charge on any atom is 0.0449 e. The molecule has 3 N–H and O–H groups in total. The van der Waals surface area contributed by atoms with Crippen molar-refractivity contribution >= 4 is 0 Å². The molecular formula is C11H20N2O. The van der Waals surface area contributed by atoms with Gasteiger partial charge in [-0.05, 0) is 38.8 Å². The molecule has 0 aliphatic heterocycles. The molecule has 0 unspecified atom stereocenters. The Hall–Kier alpha value is -0.800. The van der Waals surface area contributed by atoms with Crippen molar-refractivity contribution in [2.75, 3.05) is 6.61 Å². The Bertz CT molecular complexity index is 286. The van der Waals surface area contributed by atoms with Crippen LogP contribution in [-0.4, -0.2) is 16.3 Å². The van der Waals surface area contributed by atoms with Crippen LogP contribution >= 0.6 is 0 Å². The van der Waals surface area contributed by atoms with Crippen molar-refractivity contribution in [3.05, 3.63) is 24.0 Å². The van der Waals surface area contributed by atoms with Crippen LogP contribution in [0, 0.1) is 0 Å². The minimum Gasteiger partial charge on any atom is -0.396 e. The van der Waals surface area contributed by atoms with E-state index in [1.807, 2.05) is 12.3 Å². The average Bonchev–Trinajstić information content (AvgIpc) is 2.51. The fraction of sp³-hybridized carbons (Fsp3) is 0.636. The molecule has 0 aromatic carbocycles. The molecule has 1 atom stereocenters. The molecule has 0 aliphatic carbocycles. The number of hydrogen-bond acceptors (Lipinski definition) is 2. The summed E-state index contributed by atoms with van der Waals surface area (Å²) in [7, 11) is 0. The zero-order chi connectivity index (χ0) is 10.8. The lowest BCUT2D eigenvalue weighted by molar-refractivity contribution is 0.276. The Balaban J connectivity index is 2.78. The average molecular weight is 196 g/mol. The van der Waals surface area contributed by atoms with E-state index < -0.39 is 0 Å². The monoisotopic (exact) mass is 196 g/mol. The van der Waals surface area contributed by atoms with E-state index in [4.69, 9.17) is 10.8 Å². The molecule has 0 aliphatic rings. The lowest BCUT2D eigenvalue weighted by Gasteiger charge is -2.21. The Labute approximate surface area is 85.5 Å². The zero-order valence-electron chi connectivity index (χ0n) is 9.20. The standard InChI is InChI=1S/C11H20N2O/c1-11(2,3)13-6-4-9(8-13)10(12)5-7-14/h4,6,8,10,14H,5,7,12H2,1-3H3/t10-/m1/s1. The topological polar surface area (TPSA) is 51.2 Å². The third kappa shape index (κ3) is 2.59. The maximum atomic E-state index is 8.78. The molecule has 1 heterocycles. The minimum absolute atomic E-state index is 0.0522. The minimum atomic E-state index is -0.0522. The number of aliphatic hydroxyl groups excluding tert-OH is 1. The van der Waals surface area contributed by atoms with E-state index in [1.54, 1.807) is 0 Å². The third-order valence-electron chi connectivity index (χ3n) is 2.36. The molecule has 0 radical (unpaired) electrons. The molecule has 0 amide bonds. The highest BCUT2D eigenvalue weighted by atomic mass is 16.3. The summed E-state index contributed by atoms with van der Waals surface area (Å²) in [5.41, 5.74) is 7.07. The lowest BCUT2D eigenvalue weighted by Crippen LogP contribution is -2.20. The normalized spacial score (nSPS) is 14.4. The zero-order valence-corrected chi connectivity index (χ0v) is 9.20. The van der Waals surface area contributed by atoms with Crippen LogP contribution in [0.15, 0.2) is 18.5 Å². The van der Waals surface area contributed by atoms with Crippen molar-refractivity contribution < 1.29 is 5.11 Å². The SMILES string of the molecule is CC(C)(C)n1ccc([C@H](N)CCO)c1. The van der Waals surface area contributed by atoms with E-state index in [0.717, 1.165) is 5.56 Å². The number of hydrogen-bond donors (Lipinski definition) is 2. The van der Waals surface area contributed by atoms with Crippen molar-refractivity contribution in [3.63, 3.8) is 0 Å². The highest BCUT2D eigenvalue weighted by Gasteiger charge is 2.14. The second-order valence-corrected chi connectivity index (χ2v) is 4.64. The molecule has 3 heteroatoms. The number of aromatic nitrogens is 1. The van der Waals surface area contributed by atoms with Crippen molar-refractivity contribution in [1.29, 1.82) is 0 Å². The van der Waals surface area contributed by atoms with Crippen LogP contribution in [0.25, 0.3) is 0 Å². The summed E-state index contributed by atoms with van der Waals surface area (Å²) in [5, 5.41) is 8.78. The summed E-state index contributed by atoms with van der Waals surface area (Å²) in [6, 6.07) is 1.97. The third-order valence-corrected chi connectivity index (χ3v) is 2.36. The fourth-order valence-electron chi connectivity index (χ4n) is 1.36. The van der Waals surface area contributed by atoms with E-state index >= 15 is 0 Å². The Morgan fingerprint density at radius 1 is 1.50 bits per heavy atom. The van der Waals surface area contributed by atoms with Gasteiger partial charge in [0.25, 0.3) is 0 Å². The lowest BCUT2D eigenvalue weighted by atomic mass is 10.1. The molecule has 14 heavy (non-hydrogen) atoms. The Morgan fingerprint density at radius 2 is 2.14 bits per heavy atom. The summed E-state index contributed by atoms with van der Waals surface area (Å²) in [6.45, 7) is 6.58. The van der Waals surface area contributed by atoms with Gasteiger partial charge in [-0.1, -0.05) is 0 Å². The Morgan fingerprint density at radius 3 is 2.57 bits per heavy atom. The van der Waals surface area contributed by atoms with E-state index in [2.05, 4.69) is 31.5 Å². The van der Waals surface area contributed by atoms with Crippen molar-refractivity contribution in [1.82, 2.24) is 4.57 Å². The van der Waals surface area contributed by atoms with Gasteiger partial charge in [-0.2, -0.15) is 0 Å². The first-order valence-corrected chi connectivity index (χ1v) is 5.00. The number of rotatable bonds is 3. The Kier molecular flexibility index (Phi) is 3.34. The smallest absolute Gasteiger partial charge is 0.0449 e. The summed E-state index contributed by atoms with van der Waals surface area (Å²) >= 11 is 0. The van der Waals surface area contributed by atoms with Gasteiger partial charge in [-0.3, -0.25) is 0 Å². The highest BCUT2D eigenvalue weighted by molar-refractivity contribution is 5.16.